The van der Waals surface area contributed by atoms with Gasteiger partial charge in [-0.2, -0.15) is 0 Å². The standard InChI is InChI=1S/C17H20O8/c1-10(18)21-9-14-15(22-11(2)19)16(23-12(3)20)17(25-14)24-13-7-5-4-6-8-13/h4-8,14-17H,9H2,1-3H3. The molecule has 1 heterocycles. The number of hydrogen-bond acceptors (Lipinski definition) is 8. The quantitative estimate of drug-likeness (QED) is 0.557. The Bertz CT molecular complexity index is 614. The molecular formula is C17H20O8. The van der Waals surface area contributed by atoms with Crippen molar-refractivity contribution in [3.05, 3.63) is 30.3 Å². The van der Waals surface area contributed by atoms with Crippen LogP contribution >= 0.6 is 0 Å². The molecule has 0 radical (unpaired) electrons. The summed E-state index contributed by atoms with van der Waals surface area (Å²) >= 11 is 0. The summed E-state index contributed by atoms with van der Waals surface area (Å²) < 4.78 is 26.8. The highest BCUT2D eigenvalue weighted by Gasteiger charge is 2.51. The van der Waals surface area contributed by atoms with E-state index in [1.807, 2.05) is 6.07 Å². The number of esters is 3. The Kier molecular flexibility index (Phi) is 6.35. The van der Waals surface area contributed by atoms with Crippen LogP contribution in [0.25, 0.3) is 0 Å². The molecule has 8 nitrogen and oxygen atoms in total. The smallest absolute Gasteiger partial charge is 0.303 e. The third-order valence-electron chi connectivity index (χ3n) is 3.32. The highest BCUT2D eigenvalue weighted by molar-refractivity contribution is 5.68. The van der Waals surface area contributed by atoms with Crippen molar-refractivity contribution in [3.63, 3.8) is 0 Å². The summed E-state index contributed by atoms with van der Waals surface area (Å²) in [4.78, 5) is 33.9. The van der Waals surface area contributed by atoms with Crippen molar-refractivity contribution < 1.29 is 38.1 Å². The summed E-state index contributed by atoms with van der Waals surface area (Å²) in [6, 6.07) is 8.76. The molecule has 1 aliphatic heterocycles. The molecule has 1 fully saturated rings. The molecule has 2 rings (SSSR count). The first-order valence-corrected chi connectivity index (χ1v) is 7.71. The summed E-state index contributed by atoms with van der Waals surface area (Å²) in [6.07, 6.45) is -3.81. The third kappa shape index (κ3) is 5.46. The summed E-state index contributed by atoms with van der Waals surface area (Å²) in [5.74, 6) is -1.19. The van der Waals surface area contributed by atoms with Gasteiger partial charge in [-0.05, 0) is 12.1 Å². The summed E-state index contributed by atoms with van der Waals surface area (Å²) in [5.41, 5.74) is 0. The number of rotatable bonds is 6. The lowest BCUT2D eigenvalue weighted by Crippen LogP contribution is -2.42. The fourth-order valence-electron chi connectivity index (χ4n) is 2.40. The normalized spacial score (nSPS) is 25.1. The number of hydrogen-bond donors (Lipinski definition) is 0. The lowest BCUT2D eigenvalue weighted by Gasteiger charge is -2.23. The van der Waals surface area contributed by atoms with Crippen molar-refractivity contribution in [3.8, 4) is 5.75 Å². The molecule has 1 saturated heterocycles. The highest BCUT2D eigenvalue weighted by Crippen LogP contribution is 2.29. The van der Waals surface area contributed by atoms with E-state index in [1.165, 1.54) is 20.8 Å². The molecule has 1 aromatic carbocycles. The first-order valence-electron chi connectivity index (χ1n) is 7.71. The van der Waals surface area contributed by atoms with Gasteiger partial charge in [0.05, 0.1) is 0 Å². The van der Waals surface area contributed by atoms with Crippen molar-refractivity contribution in [1.82, 2.24) is 0 Å². The Morgan fingerprint density at radius 1 is 0.920 bits per heavy atom. The second-order valence-electron chi connectivity index (χ2n) is 5.42. The zero-order valence-corrected chi connectivity index (χ0v) is 14.2. The van der Waals surface area contributed by atoms with Crippen LogP contribution in [0.4, 0.5) is 0 Å². The number of carbonyl (C=O) groups is 3. The van der Waals surface area contributed by atoms with Crippen LogP contribution in [0.15, 0.2) is 30.3 Å². The fourth-order valence-corrected chi connectivity index (χ4v) is 2.40. The van der Waals surface area contributed by atoms with E-state index < -0.39 is 42.5 Å². The number of carbonyl (C=O) groups excluding carboxylic acids is 3. The van der Waals surface area contributed by atoms with Crippen LogP contribution in [0.3, 0.4) is 0 Å². The van der Waals surface area contributed by atoms with Crippen LogP contribution in [0.5, 0.6) is 5.75 Å². The van der Waals surface area contributed by atoms with Gasteiger partial charge in [0, 0.05) is 20.8 Å². The zero-order valence-electron chi connectivity index (χ0n) is 14.2. The van der Waals surface area contributed by atoms with Gasteiger partial charge in [0.25, 0.3) is 0 Å². The number of benzene rings is 1. The Morgan fingerprint density at radius 2 is 1.52 bits per heavy atom. The molecule has 1 aromatic rings. The molecule has 0 bridgehead atoms. The number of para-hydroxylation sites is 1. The van der Waals surface area contributed by atoms with Gasteiger partial charge in [-0.1, -0.05) is 18.2 Å². The molecule has 4 atom stereocenters. The van der Waals surface area contributed by atoms with E-state index in [1.54, 1.807) is 24.3 Å². The van der Waals surface area contributed by atoms with Crippen LogP contribution in [-0.2, 0) is 33.3 Å². The first-order chi connectivity index (χ1) is 11.9. The lowest BCUT2D eigenvalue weighted by atomic mass is 10.1. The number of ether oxygens (including phenoxy) is 5. The van der Waals surface area contributed by atoms with E-state index >= 15 is 0 Å². The van der Waals surface area contributed by atoms with Gasteiger partial charge < -0.3 is 23.7 Å². The van der Waals surface area contributed by atoms with E-state index in [-0.39, 0.29) is 6.61 Å². The van der Waals surface area contributed by atoms with E-state index in [4.69, 9.17) is 23.7 Å². The van der Waals surface area contributed by atoms with Gasteiger partial charge in [0.15, 0.2) is 6.10 Å². The van der Waals surface area contributed by atoms with Gasteiger partial charge in [-0.15, -0.1) is 0 Å². The molecule has 0 aliphatic carbocycles. The van der Waals surface area contributed by atoms with Gasteiger partial charge >= 0.3 is 17.9 Å². The Balaban J connectivity index is 2.21. The van der Waals surface area contributed by atoms with Gasteiger partial charge in [0.1, 0.15) is 18.5 Å². The molecular weight excluding hydrogens is 332 g/mol. The molecule has 4 unspecified atom stereocenters. The summed E-state index contributed by atoms with van der Waals surface area (Å²) in [5, 5.41) is 0. The van der Waals surface area contributed by atoms with Crippen molar-refractivity contribution in [1.29, 1.82) is 0 Å². The summed E-state index contributed by atoms with van der Waals surface area (Å²) in [6.45, 7) is 3.53. The van der Waals surface area contributed by atoms with Crippen molar-refractivity contribution in [2.75, 3.05) is 6.61 Å². The van der Waals surface area contributed by atoms with Crippen LogP contribution in [0, 0.1) is 0 Å². The minimum Gasteiger partial charge on any atom is -0.463 e. The lowest BCUT2D eigenvalue weighted by molar-refractivity contribution is -0.170. The molecule has 0 amide bonds. The molecule has 8 heteroatoms. The van der Waals surface area contributed by atoms with Crippen LogP contribution in [0.2, 0.25) is 0 Å². The SMILES string of the molecule is CC(=O)OCC1OC(Oc2ccccc2)C(OC(C)=O)C1OC(C)=O. The molecule has 0 spiro atoms. The maximum Gasteiger partial charge on any atom is 0.303 e. The second kappa shape index (κ2) is 8.48. The zero-order chi connectivity index (χ0) is 18.4. The molecule has 0 aromatic heterocycles. The van der Waals surface area contributed by atoms with E-state index in [0.29, 0.717) is 5.75 Å². The second-order valence-corrected chi connectivity index (χ2v) is 5.42. The fraction of sp³-hybridized carbons (Fsp3) is 0.471. The average Bonchev–Trinajstić information content (AvgIpc) is 2.82. The Morgan fingerprint density at radius 3 is 2.08 bits per heavy atom. The maximum atomic E-state index is 11.4. The van der Waals surface area contributed by atoms with Crippen molar-refractivity contribution in [2.24, 2.45) is 0 Å². The van der Waals surface area contributed by atoms with Crippen molar-refractivity contribution >= 4 is 17.9 Å². The topological polar surface area (TPSA) is 97.4 Å². The van der Waals surface area contributed by atoms with Crippen LogP contribution < -0.4 is 4.74 Å². The average molecular weight is 352 g/mol. The van der Waals surface area contributed by atoms with Crippen molar-refractivity contribution in [2.45, 2.75) is 45.4 Å². The first kappa shape index (κ1) is 18.7. The molecule has 1 aliphatic rings. The molecule has 25 heavy (non-hydrogen) atoms. The van der Waals surface area contributed by atoms with Gasteiger partial charge in [0.2, 0.25) is 12.4 Å². The third-order valence-corrected chi connectivity index (χ3v) is 3.32. The van der Waals surface area contributed by atoms with Gasteiger partial charge in [-0.25, -0.2) is 0 Å². The maximum absolute atomic E-state index is 11.4. The summed E-state index contributed by atoms with van der Waals surface area (Å²) in [7, 11) is 0. The minimum atomic E-state index is -1.02. The predicted octanol–water partition coefficient (Wildman–Crippen LogP) is 1.22. The predicted molar refractivity (Wildman–Crippen MR) is 83.5 cm³/mol. The highest BCUT2D eigenvalue weighted by atomic mass is 16.7. The van der Waals surface area contributed by atoms with Gasteiger partial charge in [-0.3, -0.25) is 14.4 Å². The largest absolute Gasteiger partial charge is 0.463 e. The van der Waals surface area contributed by atoms with E-state index in [2.05, 4.69) is 0 Å². The van der Waals surface area contributed by atoms with E-state index in [0.717, 1.165) is 0 Å². The minimum absolute atomic E-state index is 0.167. The van der Waals surface area contributed by atoms with E-state index in [9.17, 15) is 14.4 Å². The Labute approximate surface area is 144 Å². The van der Waals surface area contributed by atoms with Crippen LogP contribution in [0.1, 0.15) is 20.8 Å². The monoisotopic (exact) mass is 352 g/mol. The van der Waals surface area contributed by atoms with Crippen LogP contribution in [-0.4, -0.2) is 49.1 Å². The Hall–Kier alpha value is -2.61. The molecule has 0 saturated carbocycles. The molecule has 0 N–H and O–H groups in total. The molecule has 136 valence electrons.